The van der Waals surface area contributed by atoms with Gasteiger partial charge in [-0.3, -0.25) is 9.59 Å². The molecule has 0 saturated carbocycles. The fraction of sp³-hybridized carbons (Fsp3) is 0.417. The summed E-state index contributed by atoms with van der Waals surface area (Å²) in [6.45, 7) is 8.01. The lowest BCUT2D eigenvalue weighted by molar-refractivity contribution is -0.117. The first-order valence-electron chi connectivity index (χ1n) is 10.2. The predicted molar refractivity (Wildman–Crippen MR) is 121 cm³/mol. The van der Waals surface area contributed by atoms with Crippen LogP contribution in [0, 0.1) is 11.8 Å². The monoisotopic (exact) mass is 412 g/mol. The Hall–Kier alpha value is -3.02. The Morgan fingerprint density at radius 2 is 1.10 bits per heavy atom. The Bertz CT molecular complexity index is 817. The molecule has 2 N–H and O–H groups in total. The van der Waals surface area contributed by atoms with Gasteiger partial charge in [0.05, 0.1) is 25.6 Å². The molecule has 6 heteroatoms. The maximum Gasteiger partial charge on any atom is 0.224 e. The van der Waals surface area contributed by atoms with E-state index in [1.807, 2.05) is 64.1 Å². The average molecular weight is 413 g/mol. The summed E-state index contributed by atoms with van der Waals surface area (Å²) in [6.07, 6.45) is 0.901. The molecule has 0 spiro atoms. The van der Waals surface area contributed by atoms with Crippen molar-refractivity contribution in [1.82, 2.24) is 0 Å². The van der Waals surface area contributed by atoms with Crippen LogP contribution >= 0.6 is 0 Å². The molecule has 0 fully saturated rings. The number of methoxy groups -OCH3 is 2. The van der Waals surface area contributed by atoms with Crippen molar-refractivity contribution in [1.29, 1.82) is 0 Å². The molecule has 0 heterocycles. The van der Waals surface area contributed by atoms with Crippen molar-refractivity contribution in [2.75, 3.05) is 24.9 Å². The summed E-state index contributed by atoms with van der Waals surface area (Å²) in [5, 5.41) is 5.81. The van der Waals surface area contributed by atoms with Crippen LogP contribution in [0.2, 0.25) is 0 Å². The largest absolute Gasteiger partial charge is 0.495 e. The summed E-state index contributed by atoms with van der Waals surface area (Å²) in [5.74, 6) is 1.64. The lowest BCUT2D eigenvalue weighted by Gasteiger charge is -2.15. The van der Waals surface area contributed by atoms with Crippen molar-refractivity contribution in [3.05, 3.63) is 36.4 Å². The van der Waals surface area contributed by atoms with E-state index in [1.165, 1.54) is 0 Å². The van der Waals surface area contributed by atoms with Crippen LogP contribution in [0.25, 0.3) is 11.1 Å². The first kappa shape index (κ1) is 23.3. The summed E-state index contributed by atoms with van der Waals surface area (Å²) in [4.78, 5) is 24.2. The SMILES string of the molecule is COc1cc(-c2ccc(NC(=O)CC(C)C)c(OC)c2)ccc1NC(=O)CC(C)C. The number of rotatable bonds is 9. The van der Waals surface area contributed by atoms with Crippen LogP contribution in [0.4, 0.5) is 11.4 Å². The van der Waals surface area contributed by atoms with Gasteiger partial charge in [-0.1, -0.05) is 39.8 Å². The van der Waals surface area contributed by atoms with Crippen LogP contribution in [0.3, 0.4) is 0 Å². The van der Waals surface area contributed by atoms with E-state index in [0.717, 1.165) is 11.1 Å². The third kappa shape index (κ3) is 6.51. The first-order valence-corrected chi connectivity index (χ1v) is 10.2. The normalized spacial score (nSPS) is 10.8. The number of hydrogen-bond acceptors (Lipinski definition) is 4. The van der Waals surface area contributed by atoms with Crippen LogP contribution in [0.1, 0.15) is 40.5 Å². The topological polar surface area (TPSA) is 76.7 Å². The fourth-order valence-corrected chi connectivity index (χ4v) is 3.09. The molecule has 2 aromatic carbocycles. The maximum absolute atomic E-state index is 12.1. The maximum atomic E-state index is 12.1. The molecule has 162 valence electrons. The molecule has 0 aliphatic rings. The number of carbonyl (C=O) groups is 2. The Morgan fingerprint density at radius 1 is 0.733 bits per heavy atom. The molecular weight excluding hydrogens is 380 g/mol. The lowest BCUT2D eigenvalue weighted by atomic mass is 10.0. The molecular formula is C24H32N2O4. The molecule has 0 radical (unpaired) electrons. The summed E-state index contributed by atoms with van der Waals surface area (Å²) in [6, 6.07) is 11.2. The Morgan fingerprint density at radius 3 is 1.40 bits per heavy atom. The van der Waals surface area contributed by atoms with E-state index in [2.05, 4.69) is 10.6 Å². The second-order valence-corrected chi connectivity index (χ2v) is 8.12. The highest BCUT2D eigenvalue weighted by Gasteiger charge is 2.13. The van der Waals surface area contributed by atoms with Crippen molar-refractivity contribution in [2.45, 2.75) is 40.5 Å². The van der Waals surface area contributed by atoms with E-state index in [0.29, 0.717) is 35.7 Å². The van der Waals surface area contributed by atoms with Gasteiger partial charge >= 0.3 is 0 Å². The molecule has 0 atom stereocenters. The van der Waals surface area contributed by atoms with Crippen LogP contribution in [-0.4, -0.2) is 26.0 Å². The zero-order valence-corrected chi connectivity index (χ0v) is 18.7. The van der Waals surface area contributed by atoms with E-state index in [4.69, 9.17) is 9.47 Å². The minimum atomic E-state index is -0.0424. The van der Waals surface area contributed by atoms with Crippen molar-refractivity contribution in [3.8, 4) is 22.6 Å². The zero-order chi connectivity index (χ0) is 22.3. The highest BCUT2D eigenvalue weighted by Crippen LogP contribution is 2.35. The molecule has 0 saturated heterocycles. The predicted octanol–water partition coefficient (Wildman–Crippen LogP) is 5.34. The highest BCUT2D eigenvalue weighted by atomic mass is 16.5. The number of carbonyl (C=O) groups excluding carboxylic acids is 2. The van der Waals surface area contributed by atoms with Gasteiger partial charge in [0.15, 0.2) is 0 Å². The van der Waals surface area contributed by atoms with Gasteiger partial charge in [0.25, 0.3) is 0 Å². The smallest absolute Gasteiger partial charge is 0.224 e. The van der Waals surface area contributed by atoms with Crippen molar-refractivity contribution < 1.29 is 19.1 Å². The number of amides is 2. The number of ether oxygens (including phenoxy) is 2. The van der Waals surface area contributed by atoms with Crippen LogP contribution in [-0.2, 0) is 9.59 Å². The fourth-order valence-electron chi connectivity index (χ4n) is 3.09. The van der Waals surface area contributed by atoms with E-state index < -0.39 is 0 Å². The van der Waals surface area contributed by atoms with Gasteiger partial charge in [0, 0.05) is 12.8 Å². The van der Waals surface area contributed by atoms with Gasteiger partial charge in [0.2, 0.25) is 11.8 Å². The molecule has 30 heavy (non-hydrogen) atoms. The van der Waals surface area contributed by atoms with Gasteiger partial charge in [0.1, 0.15) is 11.5 Å². The van der Waals surface area contributed by atoms with Crippen LogP contribution < -0.4 is 20.1 Å². The van der Waals surface area contributed by atoms with Gasteiger partial charge in [-0.15, -0.1) is 0 Å². The van der Waals surface area contributed by atoms with Crippen LogP contribution in [0.15, 0.2) is 36.4 Å². The van der Waals surface area contributed by atoms with E-state index in [-0.39, 0.29) is 23.7 Å². The third-order valence-corrected chi connectivity index (χ3v) is 4.47. The summed E-state index contributed by atoms with van der Waals surface area (Å²) < 4.78 is 11.0. The summed E-state index contributed by atoms with van der Waals surface area (Å²) in [5.41, 5.74) is 3.09. The molecule has 0 unspecified atom stereocenters. The van der Waals surface area contributed by atoms with Gasteiger partial charge in [-0.05, 0) is 47.2 Å². The zero-order valence-electron chi connectivity index (χ0n) is 18.7. The molecule has 0 aliphatic carbocycles. The number of hydrogen-bond donors (Lipinski definition) is 2. The van der Waals surface area contributed by atoms with E-state index in [1.54, 1.807) is 14.2 Å². The Labute approximate surface area is 179 Å². The number of benzene rings is 2. The minimum absolute atomic E-state index is 0.0424. The Balaban J connectivity index is 2.26. The molecule has 2 amide bonds. The van der Waals surface area contributed by atoms with Crippen molar-refractivity contribution in [3.63, 3.8) is 0 Å². The molecule has 0 bridgehead atoms. The Kier molecular flexibility index (Phi) is 8.27. The van der Waals surface area contributed by atoms with Gasteiger partial charge < -0.3 is 20.1 Å². The van der Waals surface area contributed by atoms with E-state index in [9.17, 15) is 9.59 Å². The number of anilines is 2. The highest BCUT2D eigenvalue weighted by molar-refractivity contribution is 5.94. The number of nitrogens with one attached hydrogen (secondary N) is 2. The minimum Gasteiger partial charge on any atom is -0.495 e. The standard InChI is InChI=1S/C24H32N2O4/c1-15(2)11-23(27)25-19-9-7-17(13-21(19)29-5)18-8-10-20(22(14-18)30-6)26-24(28)12-16(3)4/h7-10,13-16H,11-12H2,1-6H3,(H,25,27)(H,26,28). The van der Waals surface area contributed by atoms with E-state index >= 15 is 0 Å². The second-order valence-electron chi connectivity index (χ2n) is 8.12. The molecule has 0 aliphatic heterocycles. The third-order valence-electron chi connectivity index (χ3n) is 4.47. The lowest BCUT2D eigenvalue weighted by Crippen LogP contribution is -2.14. The van der Waals surface area contributed by atoms with Crippen molar-refractivity contribution in [2.24, 2.45) is 11.8 Å². The van der Waals surface area contributed by atoms with Crippen LogP contribution in [0.5, 0.6) is 11.5 Å². The van der Waals surface area contributed by atoms with Gasteiger partial charge in [-0.2, -0.15) is 0 Å². The first-order chi connectivity index (χ1) is 14.2. The van der Waals surface area contributed by atoms with Gasteiger partial charge in [-0.25, -0.2) is 0 Å². The molecule has 2 rings (SSSR count). The summed E-state index contributed by atoms with van der Waals surface area (Å²) >= 11 is 0. The second kappa shape index (κ2) is 10.7. The quantitative estimate of drug-likeness (QED) is 0.583. The molecule has 0 aromatic heterocycles. The molecule has 2 aromatic rings. The average Bonchev–Trinajstić information content (AvgIpc) is 2.67. The molecule has 6 nitrogen and oxygen atoms in total. The van der Waals surface area contributed by atoms with Crippen molar-refractivity contribution >= 4 is 23.2 Å². The summed E-state index contributed by atoms with van der Waals surface area (Å²) in [7, 11) is 3.15.